The van der Waals surface area contributed by atoms with Crippen LogP contribution in [0.5, 0.6) is 5.75 Å². The molecule has 1 aliphatic rings. The second-order valence-corrected chi connectivity index (χ2v) is 7.68. The van der Waals surface area contributed by atoms with Gasteiger partial charge in [-0.15, -0.1) is 0 Å². The summed E-state index contributed by atoms with van der Waals surface area (Å²) in [6.07, 6.45) is 1.44. The Morgan fingerprint density at radius 3 is 2.14 bits per heavy atom. The summed E-state index contributed by atoms with van der Waals surface area (Å²) in [5, 5.41) is 10.5. The molecule has 0 fully saturated rings. The van der Waals surface area contributed by atoms with Gasteiger partial charge in [0.15, 0.2) is 0 Å². The lowest BCUT2D eigenvalue weighted by molar-refractivity contribution is 0.0788. The summed E-state index contributed by atoms with van der Waals surface area (Å²) in [6, 6.07) is 4.46. The van der Waals surface area contributed by atoms with Crippen molar-refractivity contribution in [2.45, 2.75) is 84.3 Å². The van der Waals surface area contributed by atoms with Crippen molar-refractivity contribution in [1.29, 1.82) is 0 Å². The fourth-order valence-corrected chi connectivity index (χ4v) is 2.79. The average Bonchev–Trinajstić information content (AvgIpc) is 2.73. The van der Waals surface area contributed by atoms with Crippen LogP contribution in [0.25, 0.3) is 0 Å². The summed E-state index contributed by atoms with van der Waals surface area (Å²) in [7, 11) is 0. The van der Waals surface area contributed by atoms with Crippen molar-refractivity contribution in [2.24, 2.45) is 0 Å². The lowest BCUT2D eigenvalue weighted by Gasteiger charge is -2.30. The van der Waals surface area contributed by atoms with E-state index >= 15 is 0 Å². The molecular formula is C19H30O2. The molecule has 0 aliphatic carbocycles. The Morgan fingerprint density at radius 2 is 1.62 bits per heavy atom. The lowest BCUT2D eigenvalue weighted by atomic mass is 9.75. The maximum atomic E-state index is 10.5. The zero-order valence-corrected chi connectivity index (χ0v) is 14.6. The third-order valence-corrected chi connectivity index (χ3v) is 5.46. The molecule has 2 unspecified atom stereocenters. The first kappa shape index (κ1) is 16.4. The minimum atomic E-state index is -0.515. The Labute approximate surface area is 129 Å². The molecule has 0 saturated carbocycles. The molecule has 2 atom stereocenters. The van der Waals surface area contributed by atoms with Gasteiger partial charge in [0.05, 0.1) is 0 Å². The molecule has 0 bridgehead atoms. The second kappa shape index (κ2) is 5.31. The van der Waals surface area contributed by atoms with Crippen molar-refractivity contribution in [3.63, 3.8) is 0 Å². The fourth-order valence-electron chi connectivity index (χ4n) is 2.79. The Hall–Kier alpha value is -1.02. The molecule has 1 heterocycles. The van der Waals surface area contributed by atoms with E-state index in [1.54, 1.807) is 0 Å². The van der Waals surface area contributed by atoms with Gasteiger partial charge in [-0.3, -0.25) is 0 Å². The molecule has 2 nitrogen and oxygen atoms in total. The van der Waals surface area contributed by atoms with Crippen LogP contribution in [0.2, 0.25) is 0 Å². The molecule has 1 aliphatic heterocycles. The van der Waals surface area contributed by atoms with Crippen LogP contribution >= 0.6 is 0 Å². The summed E-state index contributed by atoms with van der Waals surface area (Å²) in [5.41, 5.74) is 3.67. The number of hydrogen-bond donors (Lipinski definition) is 1. The Morgan fingerprint density at radius 1 is 1.05 bits per heavy atom. The molecule has 0 amide bonds. The number of aliphatic hydroxyl groups excluding tert-OH is 1. The van der Waals surface area contributed by atoms with Crippen LogP contribution in [0, 0.1) is 0 Å². The molecular weight excluding hydrogens is 260 g/mol. The summed E-state index contributed by atoms with van der Waals surface area (Å²) in [5.74, 6) is 0.914. The van der Waals surface area contributed by atoms with Gasteiger partial charge in [0.25, 0.3) is 0 Å². The first-order chi connectivity index (χ1) is 9.64. The molecule has 21 heavy (non-hydrogen) atoms. The first-order valence-corrected chi connectivity index (χ1v) is 8.17. The van der Waals surface area contributed by atoms with E-state index in [-0.39, 0.29) is 16.9 Å². The van der Waals surface area contributed by atoms with Crippen LogP contribution in [0.4, 0.5) is 0 Å². The number of fused-ring (bicyclic) bond motifs is 1. The zero-order chi connectivity index (χ0) is 16.0. The SMILES string of the molecule is CCC(C)(C)c1cc2c(c(C(C)(C)CC)c1)OC(C)C2O. The third-order valence-electron chi connectivity index (χ3n) is 5.46. The average molecular weight is 290 g/mol. The second-order valence-electron chi connectivity index (χ2n) is 7.68. The molecule has 118 valence electrons. The molecule has 2 heteroatoms. The summed E-state index contributed by atoms with van der Waals surface area (Å²) >= 11 is 0. The maximum Gasteiger partial charge on any atom is 0.129 e. The van der Waals surface area contributed by atoms with Crippen molar-refractivity contribution in [3.8, 4) is 5.75 Å². The highest BCUT2D eigenvalue weighted by Gasteiger charge is 2.37. The maximum absolute atomic E-state index is 10.5. The Bertz CT molecular complexity index is 529. The predicted octanol–water partition coefficient (Wildman–Crippen LogP) is 4.88. The van der Waals surface area contributed by atoms with Crippen LogP contribution in [-0.2, 0) is 10.8 Å². The van der Waals surface area contributed by atoms with Crippen LogP contribution in [0.1, 0.15) is 84.1 Å². The van der Waals surface area contributed by atoms with E-state index < -0.39 is 6.10 Å². The van der Waals surface area contributed by atoms with Gasteiger partial charge in [0.1, 0.15) is 18.0 Å². The van der Waals surface area contributed by atoms with Crippen LogP contribution < -0.4 is 4.74 Å². The topological polar surface area (TPSA) is 29.5 Å². The van der Waals surface area contributed by atoms with Crippen LogP contribution in [0.15, 0.2) is 12.1 Å². The van der Waals surface area contributed by atoms with Gasteiger partial charge in [-0.1, -0.05) is 47.6 Å². The van der Waals surface area contributed by atoms with Gasteiger partial charge in [-0.2, -0.15) is 0 Å². The van der Waals surface area contributed by atoms with Crippen molar-refractivity contribution in [1.82, 2.24) is 0 Å². The molecule has 0 saturated heterocycles. The van der Waals surface area contributed by atoms with Gasteiger partial charge < -0.3 is 9.84 Å². The first-order valence-electron chi connectivity index (χ1n) is 8.17. The van der Waals surface area contributed by atoms with Crippen molar-refractivity contribution in [2.75, 3.05) is 0 Å². The highest BCUT2D eigenvalue weighted by Crippen LogP contribution is 2.47. The van der Waals surface area contributed by atoms with E-state index in [1.165, 1.54) is 11.1 Å². The quantitative estimate of drug-likeness (QED) is 0.856. The number of ether oxygens (including phenoxy) is 1. The number of aliphatic hydroxyl groups is 1. The monoisotopic (exact) mass is 290 g/mol. The van der Waals surface area contributed by atoms with E-state index in [9.17, 15) is 5.11 Å². The van der Waals surface area contributed by atoms with E-state index in [1.807, 2.05) is 6.92 Å². The minimum absolute atomic E-state index is 0.0493. The van der Waals surface area contributed by atoms with Gasteiger partial charge in [0, 0.05) is 11.1 Å². The molecule has 1 N–H and O–H groups in total. The van der Waals surface area contributed by atoms with Crippen molar-refractivity contribution in [3.05, 3.63) is 28.8 Å². The third kappa shape index (κ3) is 2.70. The van der Waals surface area contributed by atoms with E-state index in [4.69, 9.17) is 4.74 Å². The van der Waals surface area contributed by atoms with Gasteiger partial charge in [-0.25, -0.2) is 0 Å². The standard InChI is InChI=1S/C19H30O2/c1-8-18(4,5)13-10-14-16(20)12(3)21-17(14)15(11-13)19(6,7)9-2/h10-12,16,20H,8-9H2,1-7H3. The Balaban J connectivity index is 2.68. The molecule has 2 rings (SSSR count). The van der Waals surface area contributed by atoms with E-state index in [0.717, 1.165) is 24.2 Å². The Kier molecular flexibility index (Phi) is 4.14. The fraction of sp³-hybridized carbons (Fsp3) is 0.684. The molecule has 0 radical (unpaired) electrons. The minimum Gasteiger partial charge on any atom is -0.487 e. The highest BCUT2D eigenvalue weighted by molar-refractivity contribution is 5.53. The smallest absolute Gasteiger partial charge is 0.129 e. The lowest BCUT2D eigenvalue weighted by Crippen LogP contribution is -2.21. The van der Waals surface area contributed by atoms with Crippen molar-refractivity contribution < 1.29 is 9.84 Å². The number of rotatable bonds is 4. The summed E-state index contributed by atoms with van der Waals surface area (Å²) in [4.78, 5) is 0. The summed E-state index contributed by atoms with van der Waals surface area (Å²) < 4.78 is 5.99. The van der Waals surface area contributed by atoms with Crippen molar-refractivity contribution >= 4 is 0 Å². The predicted molar refractivity (Wildman–Crippen MR) is 88.1 cm³/mol. The normalized spacial score (nSPS) is 22.1. The van der Waals surface area contributed by atoms with E-state index in [0.29, 0.717) is 0 Å². The van der Waals surface area contributed by atoms with Crippen LogP contribution in [0.3, 0.4) is 0 Å². The highest BCUT2D eigenvalue weighted by atomic mass is 16.5. The summed E-state index contributed by atoms with van der Waals surface area (Å²) in [6.45, 7) is 15.4. The van der Waals surface area contributed by atoms with Gasteiger partial charge in [0.2, 0.25) is 0 Å². The van der Waals surface area contributed by atoms with E-state index in [2.05, 4.69) is 53.7 Å². The van der Waals surface area contributed by atoms with Crippen LogP contribution in [-0.4, -0.2) is 11.2 Å². The number of benzene rings is 1. The zero-order valence-electron chi connectivity index (χ0n) is 14.6. The molecule has 0 spiro atoms. The largest absolute Gasteiger partial charge is 0.487 e. The van der Waals surface area contributed by atoms with Gasteiger partial charge >= 0.3 is 0 Å². The van der Waals surface area contributed by atoms with Gasteiger partial charge in [-0.05, 0) is 42.2 Å². The molecule has 1 aromatic rings. The molecule has 1 aromatic carbocycles. The number of hydrogen-bond acceptors (Lipinski definition) is 2. The molecule has 0 aromatic heterocycles.